The molecule has 0 aromatic heterocycles. The standard InChI is InChI=1S/C12H15NO2S3/c14-18(15)7-6-11(9-18)13-12(16)17-8-10-4-2-1-3-5-10/h1-5,11H,6-9H2,(H,13,16). The Kier molecular flexibility index (Phi) is 4.64. The topological polar surface area (TPSA) is 46.2 Å². The monoisotopic (exact) mass is 301 g/mol. The predicted molar refractivity (Wildman–Crippen MR) is 80.5 cm³/mol. The van der Waals surface area contributed by atoms with E-state index >= 15 is 0 Å². The lowest BCUT2D eigenvalue weighted by atomic mass is 10.2. The van der Waals surface area contributed by atoms with Crippen molar-refractivity contribution in [1.29, 1.82) is 0 Å². The summed E-state index contributed by atoms with van der Waals surface area (Å²) in [7, 11) is -2.84. The van der Waals surface area contributed by atoms with Gasteiger partial charge in [0.25, 0.3) is 0 Å². The second kappa shape index (κ2) is 6.04. The first kappa shape index (κ1) is 13.8. The molecule has 0 amide bonds. The molecule has 3 nitrogen and oxygen atoms in total. The van der Waals surface area contributed by atoms with Crippen LogP contribution >= 0.6 is 24.0 Å². The van der Waals surface area contributed by atoms with Crippen LogP contribution in [0.5, 0.6) is 0 Å². The molecule has 0 bridgehead atoms. The summed E-state index contributed by atoms with van der Waals surface area (Å²) < 4.78 is 23.3. The number of benzene rings is 1. The molecule has 1 aliphatic rings. The average molecular weight is 301 g/mol. The lowest BCUT2D eigenvalue weighted by Gasteiger charge is -2.12. The molecule has 18 heavy (non-hydrogen) atoms. The molecule has 1 fully saturated rings. The van der Waals surface area contributed by atoms with Gasteiger partial charge in [-0.3, -0.25) is 0 Å². The number of hydrogen-bond acceptors (Lipinski definition) is 4. The molecule has 98 valence electrons. The lowest BCUT2D eigenvalue weighted by Crippen LogP contribution is -2.32. The second-order valence-corrected chi connectivity index (χ2v) is 8.19. The van der Waals surface area contributed by atoms with Gasteiger partial charge >= 0.3 is 0 Å². The van der Waals surface area contributed by atoms with Crippen molar-refractivity contribution in [3.05, 3.63) is 35.9 Å². The van der Waals surface area contributed by atoms with Crippen LogP contribution in [0.1, 0.15) is 12.0 Å². The fraction of sp³-hybridized carbons (Fsp3) is 0.417. The Morgan fingerprint density at radius 2 is 2.11 bits per heavy atom. The van der Waals surface area contributed by atoms with Crippen LogP contribution in [-0.4, -0.2) is 30.3 Å². The number of thiocarbonyl (C=S) groups is 1. The highest BCUT2D eigenvalue weighted by Crippen LogP contribution is 2.16. The van der Waals surface area contributed by atoms with Gasteiger partial charge in [0.1, 0.15) is 4.32 Å². The van der Waals surface area contributed by atoms with Gasteiger partial charge in [0.2, 0.25) is 0 Å². The van der Waals surface area contributed by atoms with E-state index < -0.39 is 9.84 Å². The summed E-state index contributed by atoms with van der Waals surface area (Å²) in [6.45, 7) is 0. The molecule has 0 spiro atoms. The van der Waals surface area contributed by atoms with Gasteiger partial charge in [-0.25, -0.2) is 8.42 Å². The molecule has 0 saturated carbocycles. The van der Waals surface area contributed by atoms with Crippen LogP contribution in [0.2, 0.25) is 0 Å². The highest BCUT2D eigenvalue weighted by molar-refractivity contribution is 8.22. The minimum absolute atomic E-state index is 0.00854. The van der Waals surface area contributed by atoms with Gasteiger partial charge in [0.15, 0.2) is 9.84 Å². The van der Waals surface area contributed by atoms with Gasteiger partial charge in [-0.05, 0) is 12.0 Å². The van der Waals surface area contributed by atoms with E-state index in [4.69, 9.17) is 12.2 Å². The molecule has 1 aromatic rings. The summed E-state index contributed by atoms with van der Waals surface area (Å²) in [5, 5.41) is 3.12. The zero-order chi connectivity index (χ0) is 13.0. The maximum Gasteiger partial charge on any atom is 0.152 e. The van der Waals surface area contributed by atoms with E-state index in [1.807, 2.05) is 18.2 Å². The number of hydrogen-bond donors (Lipinski definition) is 1. The number of rotatable bonds is 3. The molecule has 1 aliphatic heterocycles. The largest absolute Gasteiger partial charge is 0.367 e. The highest BCUT2D eigenvalue weighted by Gasteiger charge is 2.28. The first-order valence-electron chi connectivity index (χ1n) is 5.73. The van der Waals surface area contributed by atoms with E-state index in [0.717, 1.165) is 5.75 Å². The highest BCUT2D eigenvalue weighted by atomic mass is 32.2. The van der Waals surface area contributed by atoms with E-state index in [1.54, 1.807) is 11.8 Å². The van der Waals surface area contributed by atoms with Gasteiger partial charge in [0, 0.05) is 11.8 Å². The molecule has 1 heterocycles. The maximum atomic E-state index is 11.3. The van der Waals surface area contributed by atoms with E-state index in [1.165, 1.54) is 5.56 Å². The van der Waals surface area contributed by atoms with Gasteiger partial charge in [-0.1, -0.05) is 54.3 Å². The molecule has 2 rings (SSSR count). The number of nitrogens with one attached hydrogen (secondary N) is 1. The van der Waals surface area contributed by atoms with Crippen LogP contribution < -0.4 is 5.32 Å². The van der Waals surface area contributed by atoms with E-state index in [9.17, 15) is 8.42 Å². The molecule has 1 atom stereocenters. The van der Waals surface area contributed by atoms with Crippen molar-refractivity contribution in [2.75, 3.05) is 11.5 Å². The van der Waals surface area contributed by atoms with Gasteiger partial charge < -0.3 is 5.32 Å². The van der Waals surface area contributed by atoms with Crippen LogP contribution in [0.4, 0.5) is 0 Å². The molecule has 1 saturated heterocycles. The van der Waals surface area contributed by atoms with Crippen molar-refractivity contribution >= 4 is 38.1 Å². The van der Waals surface area contributed by atoms with E-state index in [-0.39, 0.29) is 17.5 Å². The lowest BCUT2D eigenvalue weighted by molar-refractivity contribution is 0.600. The fourth-order valence-corrected chi connectivity index (χ4v) is 4.60. The Balaban J connectivity index is 1.76. The quantitative estimate of drug-likeness (QED) is 0.865. The Hall–Kier alpha value is -0.590. The van der Waals surface area contributed by atoms with Gasteiger partial charge in [-0.15, -0.1) is 0 Å². The van der Waals surface area contributed by atoms with Crippen molar-refractivity contribution < 1.29 is 8.42 Å². The molecular formula is C12H15NO2S3. The molecule has 0 aliphatic carbocycles. The predicted octanol–water partition coefficient (Wildman–Crippen LogP) is 1.98. The minimum Gasteiger partial charge on any atom is -0.367 e. The summed E-state index contributed by atoms with van der Waals surface area (Å²) >= 11 is 6.76. The van der Waals surface area contributed by atoms with Gasteiger partial charge in [-0.2, -0.15) is 0 Å². The summed E-state index contributed by atoms with van der Waals surface area (Å²) in [4.78, 5) is 0. The van der Waals surface area contributed by atoms with Crippen molar-refractivity contribution in [2.24, 2.45) is 0 Å². The first-order valence-corrected chi connectivity index (χ1v) is 8.94. The van der Waals surface area contributed by atoms with Crippen molar-refractivity contribution in [2.45, 2.75) is 18.2 Å². The smallest absolute Gasteiger partial charge is 0.152 e. The summed E-state index contributed by atoms with van der Waals surface area (Å²) in [5.74, 6) is 1.29. The molecule has 0 radical (unpaired) electrons. The Bertz CT molecular complexity index is 513. The zero-order valence-corrected chi connectivity index (χ0v) is 12.3. The van der Waals surface area contributed by atoms with Crippen LogP contribution in [0.15, 0.2) is 30.3 Å². The Morgan fingerprint density at radius 1 is 1.39 bits per heavy atom. The molecule has 1 aromatic carbocycles. The van der Waals surface area contributed by atoms with Crippen molar-refractivity contribution in [3.63, 3.8) is 0 Å². The first-order chi connectivity index (χ1) is 8.55. The fourth-order valence-electron chi connectivity index (χ4n) is 1.84. The van der Waals surface area contributed by atoms with Gasteiger partial charge in [0.05, 0.1) is 11.5 Å². The normalized spacial score (nSPS) is 21.7. The van der Waals surface area contributed by atoms with Crippen molar-refractivity contribution in [1.82, 2.24) is 5.32 Å². The third-order valence-electron chi connectivity index (χ3n) is 2.77. The summed E-state index contributed by atoms with van der Waals surface area (Å²) in [6.07, 6.45) is 0.661. The second-order valence-electron chi connectivity index (χ2n) is 4.31. The zero-order valence-electron chi connectivity index (χ0n) is 9.83. The molecule has 1 N–H and O–H groups in total. The van der Waals surface area contributed by atoms with Crippen molar-refractivity contribution in [3.8, 4) is 0 Å². The summed E-state index contributed by atoms with van der Waals surface area (Å²) in [5.41, 5.74) is 1.21. The average Bonchev–Trinajstić information content (AvgIpc) is 2.67. The molecular weight excluding hydrogens is 286 g/mol. The minimum atomic E-state index is -2.84. The van der Waals surface area contributed by atoms with E-state index in [0.29, 0.717) is 10.7 Å². The van der Waals surface area contributed by atoms with Crippen LogP contribution in [0.3, 0.4) is 0 Å². The number of thioether (sulfide) groups is 1. The van der Waals surface area contributed by atoms with Crippen LogP contribution in [0.25, 0.3) is 0 Å². The Labute approximate surface area is 117 Å². The Morgan fingerprint density at radius 3 is 2.72 bits per heavy atom. The third-order valence-corrected chi connectivity index (χ3v) is 5.86. The van der Waals surface area contributed by atoms with Crippen LogP contribution in [0, 0.1) is 0 Å². The SMILES string of the molecule is O=S1(=O)CCC(NC(=S)SCc2ccccc2)C1. The maximum absolute atomic E-state index is 11.3. The number of sulfone groups is 1. The van der Waals surface area contributed by atoms with Crippen LogP contribution in [-0.2, 0) is 15.6 Å². The molecule has 1 unspecified atom stereocenters. The third kappa shape index (κ3) is 4.26. The summed E-state index contributed by atoms with van der Waals surface area (Å²) in [6, 6.07) is 10.1. The van der Waals surface area contributed by atoms with E-state index in [2.05, 4.69) is 17.4 Å². The molecule has 6 heteroatoms.